The zero-order chi connectivity index (χ0) is 12.1. The Bertz CT molecular complexity index is 371. The molecule has 1 rings (SSSR count). The Morgan fingerprint density at radius 3 is 2.76 bits per heavy atom. The van der Waals surface area contributed by atoms with Gasteiger partial charge in [0.1, 0.15) is 0 Å². The van der Waals surface area contributed by atoms with E-state index in [-0.39, 0.29) is 29.9 Å². The number of pyridine rings is 1. The molecule has 1 atom stereocenters. The molecule has 0 unspecified atom stereocenters. The first kappa shape index (κ1) is 15.7. The van der Waals surface area contributed by atoms with E-state index in [9.17, 15) is 9.90 Å². The molecule has 17 heavy (non-hydrogen) atoms. The van der Waals surface area contributed by atoms with E-state index in [4.69, 9.17) is 5.73 Å². The van der Waals surface area contributed by atoms with Crippen LogP contribution >= 0.6 is 12.4 Å². The van der Waals surface area contributed by atoms with E-state index < -0.39 is 6.04 Å². The van der Waals surface area contributed by atoms with Gasteiger partial charge in [0.2, 0.25) is 5.91 Å². The summed E-state index contributed by atoms with van der Waals surface area (Å²) in [4.78, 5) is 15.5. The average molecular weight is 260 g/mol. The highest BCUT2D eigenvalue weighted by atomic mass is 35.5. The maximum absolute atomic E-state index is 11.6. The van der Waals surface area contributed by atoms with Crippen molar-refractivity contribution in [3.05, 3.63) is 18.3 Å². The number of nitrogens with zero attached hydrogens (tertiary/aromatic N) is 1. The number of aromatic nitrogens is 1. The van der Waals surface area contributed by atoms with Crippen LogP contribution in [0.25, 0.3) is 0 Å². The highest BCUT2D eigenvalue weighted by molar-refractivity contribution is 5.94. The van der Waals surface area contributed by atoms with Crippen LogP contribution in [0.4, 0.5) is 5.82 Å². The predicted molar refractivity (Wildman–Crippen MR) is 69.2 cm³/mol. The van der Waals surface area contributed by atoms with Gasteiger partial charge < -0.3 is 16.2 Å². The van der Waals surface area contributed by atoms with E-state index in [0.717, 1.165) is 0 Å². The third-order valence-electron chi connectivity index (χ3n) is 2.09. The first-order valence-corrected chi connectivity index (χ1v) is 5.21. The molecule has 1 heterocycles. The fourth-order valence-corrected chi connectivity index (χ4v) is 1.32. The number of nitrogens with one attached hydrogen (secondary N) is 1. The normalized spacial score (nSPS) is 11.8. The molecule has 1 aromatic rings. The number of nitrogens with two attached hydrogens (primary N) is 1. The maximum atomic E-state index is 11.6. The molecule has 0 fully saturated rings. The molecule has 1 amide bonds. The first-order valence-electron chi connectivity index (χ1n) is 5.21. The summed E-state index contributed by atoms with van der Waals surface area (Å²) >= 11 is 0. The molecule has 0 saturated carbocycles. The van der Waals surface area contributed by atoms with E-state index in [1.54, 1.807) is 6.07 Å². The summed E-state index contributed by atoms with van der Waals surface area (Å²) in [5, 5.41) is 11.9. The molecule has 96 valence electrons. The molecule has 0 aliphatic heterocycles. The van der Waals surface area contributed by atoms with Crippen molar-refractivity contribution < 1.29 is 9.90 Å². The maximum Gasteiger partial charge on any atom is 0.242 e. The summed E-state index contributed by atoms with van der Waals surface area (Å²) in [7, 11) is 0. The second-order valence-corrected chi connectivity index (χ2v) is 4.10. The molecule has 4 N–H and O–H groups in total. The molecule has 0 bridgehead atoms. The summed E-state index contributed by atoms with van der Waals surface area (Å²) in [5.41, 5.74) is 5.69. The summed E-state index contributed by atoms with van der Waals surface area (Å²) in [6, 6.07) is 2.46. The number of carbonyl (C=O) groups is 1. The van der Waals surface area contributed by atoms with Gasteiger partial charge in [-0.05, 0) is 24.5 Å². The van der Waals surface area contributed by atoms with Crippen LogP contribution in [0, 0.1) is 5.92 Å². The van der Waals surface area contributed by atoms with Gasteiger partial charge >= 0.3 is 0 Å². The second kappa shape index (κ2) is 7.09. The van der Waals surface area contributed by atoms with Gasteiger partial charge in [-0.2, -0.15) is 0 Å². The smallest absolute Gasteiger partial charge is 0.242 e. The predicted octanol–water partition coefficient (Wildman–Crippen LogP) is 1.52. The quantitative estimate of drug-likeness (QED) is 0.765. The van der Waals surface area contributed by atoms with E-state index >= 15 is 0 Å². The zero-order valence-corrected chi connectivity index (χ0v) is 10.7. The Hall–Kier alpha value is -1.33. The number of hydrogen-bond donors (Lipinski definition) is 3. The van der Waals surface area contributed by atoms with E-state index in [1.165, 1.54) is 12.3 Å². The third-order valence-corrected chi connectivity index (χ3v) is 2.09. The van der Waals surface area contributed by atoms with Crippen molar-refractivity contribution >= 4 is 24.1 Å². The van der Waals surface area contributed by atoms with Gasteiger partial charge in [-0.1, -0.05) is 13.8 Å². The minimum absolute atomic E-state index is 0. The second-order valence-electron chi connectivity index (χ2n) is 4.10. The van der Waals surface area contributed by atoms with Gasteiger partial charge in [0.15, 0.2) is 11.6 Å². The molecule has 5 nitrogen and oxygen atoms in total. The minimum Gasteiger partial charge on any atom is -0.504 e. The first-order chi connectivity index (χ1) is 7.50. The summed E-state index contributed by atoms with van der Waals surface area (Å²) in [6.45, 7) is 3.98. The molecule has 0 aliphatic rings. The lowest BCUT2D eigenvalue weighted by Gasteiger charge is -2.13. The molecule has 0 spiro atoms. The van der Waals surface area contributed by atoms with Crippen molar-refractivity contribution in [3.8, 4) is 5.75 Å². The minimum atomic E-state index is -0.582. The van der Waals surface area contributed by atoms with Crippen LogP contribution in [-0.2, 0) is 4.79 Å². The number of aromatic hydroxyl groups is 1. The summed E-state index contributed by atoms with van der Waals surface area (Å²) < 4.78 is 0. The van der Waals surface area contributed by atoms with Gasteiger partial charge in [0.25, 0.3) is 0 Å². The molecule has 0 saturated heterocycles. The fourth-order valence-electron chi connectivity index (χ4n) is 1.32. The van der Waals surface area contributed by atoms with Crippen LogP contribution in [0.3, 0.4) is 0 Å². The van der Waals surface area contributed by atoms with E-state index in [2.05, 4.69) is 10.3 Å². The van der Waals surface area contributed by atoms with Crippen LogP contribution in [0.2, 0.25) is 0 Å². The van der Waals surface area contributed by atoms with Crippen molar-refractivity contribution in [1.29, 1.82) is 0 Å². The molecule has 0 aromatic carbocycles. The van der Waals surface area contributed by atoms with E-state index in [0.29, 0.717) is 12.3 Å². The summed E-state index contributed by atoms with van der Waals surface area (Å²) in [5.74, 6) is 0.0973. The highest BCUT2D eigenvalue weighted by Gasteiger charge is 2.16. The Kier molecular flexibility index (Phi) is 6.53. The lowest BCUT2D eigenvalue weighted by atomic mass is 10.0. The fraction of sp³-hybridized carbons (Fsp3) is 0.455. The van der Waals surface area contributed by atoms with Gasteiger partial charge in [0.05, 0.1) is 6.04 Å². The lowest BCUT2D eigenvalue weighted by Crippen LogP contribution is -2.36. The van der Waals surface area contributed by atoms with Crippen molar-refractivity contribution in [2.75, 3.05) is 5.32 Å². The van der Waals surface area contributed by atoms with Gasteiger partial charge in [-0.3, -0.25) is 4.79 Å². The lowest BCUT2D eigenvalue weighted by molar-refractivity contribution is -0.117. The van der Waals surface area contributed by atoms with Crippen LogP contribution in [-0.4, -0.2) is 22.0 Å². The number of carbonyl (C=O) groups excluding carboxylic acids is 1. The van der Waals surface area contributed by atoms with E-state index in [1.807, 2.05) is 13.8 Å². The standard InChI is InChI=1S/C11H17N3O2.ClH/c1-7(2)6-8(12)11(16)14-10-9(15)4-3-5-13-10;/h3-5,7-8,15H,6,12H2,1-2H3,(H,13,14,16);1H/t8-;/m0./s1. The Morgan fingerprint density at radius 2 is 2.24 bits per heavy atom. The van der Waals surface area contributed by atoms with Crippen LogP contribution in [0.15, 0.2) is 18.3 Å². The van der Waals surface area contributed by atoms with Crippen LogP contribution in [0.1, 0.15) is 20.3 Å². The highest BCUT2D eigenvalue weighted by Crippen LogP contribution is 2.18. The monoisotopic (exact) mass is 259 g/mol. The zero-order valence-electron chi connectivity index (χ0n) is 9.88. The van der Waals surface area contributed by atoms with Crippen molar-refractivity contribution in [3.63, 3.8) is 0 Å². The molecule has 0 aliphatic carbocycles. The summed E-state index contributed by atoms with van der Waals surface area (Å²) in [6.07, 6.45) is 2.09. The van der Waals surface area contributed by atoms with Gasteiger partial charge in [0, 0.05) is 6.20 Å². The van der Waals surface area contributed by atoms with Crippen molar-refractivity contribution in [1.82, 2.24) is 4.98 Å². The number of halogens is 1. The number of amides is 1. The van der Waals surface area contributed by atoms with Crippen LogP contribution in [0.5, 0.6) is 5.75 Å². The third kappa shape index (κ3) is 5.01. The molecule has 0 radical (unpaired) electrons. The van der Waals surface area contributed by atoms with Gasteiger partial charge in [-0.15, -0.1) is 12.4 Å². The molecular formula is C11H18ClN3O2. The van der Waals surface area contributed by atoms with Gasteiger partial charge in [-0.25, -0.2) is 4.98 Å². The number of anilines is 1. The Balaban J connectivity index is 0.00000256. The Labute approximate surface area is 107 Å². The molecule has 1 aromatic heterocycles. The Morgan fingerprint density at radius 1 is 1.59 bits per heavy atom. The number of rotatable bonds is 4. The topological polar surface area (TPSA) is 88.2 Å². The molecular weight excluding hydrogens is 242 g/mol. The van der Waals surface area contributed by atoms with Crippen LogP contribution < -0.4 is 11.1 Å². The van der Waals surface area contributed by atoms with Crippen molar-refractivity contribution in [2.24, 2.45) is 11.7 Å². The molecule has 6 heteroatoms. The average Bonchev–Trinajstić information content (AvgIpc) is 2.20. The largest absolute Gasteiger partial charge is 0.504 e. The number of hydrogen-bond acceptors (Lipinski definition) is 4. The van der Waals surface area contributed by atoms with Crippen molar-refractivity contribution in [2.45, 2.75) is 26.3 Å². The SMILES string of the molecule is CC(C)C[C@H](N)C(=O)Nc1ncccc1O.Cl.